The Morgan fingerprint density at radius 3 is 1.62 bits per heavy atom. The SMILES string of the molecule is C=CC(C)OP1N(C)[C@@H](c2cccc(C(F)(F)F)c2)[C@H](c2cccc(C(F)(F)F)c2)N1C. The summed E-state index contributed by atoms with van der Waals surface area (Å²) in [4.78, 5) is 0. The van der Waals surface area contributed by atoms with Crippen LogP contribution >= 0.6 is 8.45 Å². The number of hydrogen-bond acceptors (Lipinski definition) is 3. The smallest absolute Gasteiger partial charge is 0.324 e. The fourth-order valence-electron chi connectivity index (χ4n) is 3.78. The number of alkyl halides is 6. The molecule has 0 saturated carbocycles. The van der Waals surface area contributed by atoms with Gasteiger partial charge in [0.15, 0.2) is 8.45 Å². The van der Waals surface area contributed by atoms with Gasteiger partial charge in [0.25, 0.3) is 0 Å². The van der Waals surface area contributed by atoms with E-state index < -0.39 is 44.0 Å². The zero-order valence-electron chi connectivity index (χ0n) is 17.7. The molecule has 174 valence electrons. The third-order valence-corrected chi connectivity index (χ3v) is 7.45. The second-order valence-corrected chi connectivity index (χ2v) is 9.56. The second-order valence-electron chi connectivity index (χ2n) is 7.58. The largest absolute Gasteiger partial charge is 0.416 e. The third-order valence-electron chi connectivity index (χ3n) is 5.35. The molecule has 0 radical (unpaired) electrons. The van der Waals surface area contributed by atoms with Crippen molar-refractivity contribution in [3.8, 4) is 0 Å². The maximum atomic E-state index is 13.3. The van der Waals surface area contributed by atoms with Gasteiger partial charge in [0.2, 0.25) is 0 Å². The van der Waals surface area contributed by atoms with E-state index in [2.05, 4.69) is 6.58 Å². The maximum absolute atomic E-state index is 13.3. The van der Waals surface area contributed by atoms with Crippen molar-refractivity contribution in [2.45, 2.75) is 37.5 Å². The molecule has 3 atom stereocenters. The molecule has 0 bridgehead atoms. The zero-order chi connectivity index (χ0) is 23.8. The Morgan fingerprint density at radius 1 is 0.875 bits per heavy atom. The van der Waals surface area contributed by atoms with E-state index in [1.807, 2.05) is 0 Å². The summed E-state index contributed by atoms with van der Waals surface area (Å²) in [5.74, 6) is 0. The Bertz CT molecular complexity index is 894. The number of likely N-dealkylation sites (N-methyl/N-ethyl adjacent to an activating group) is 2. The van der Waals surface area contributed by atoms with Gasteiger partial charge < -0.3 is 4.52 Å². The van der Waals surface area contributed by atoms with Crippen molar-refractivity contribution in [3.63, 3.8) is 0 Å². The third kappa shape index (κ3) is 5.01. The van der Waals surface area contributed by atoms with E-state index in [-0.39, 0.29) is 6.10 Å². The van der Waals surface area contributed by atoms with Gasteiger partial charge in [-0.05, 0) is 56.4 Å². The van der Waals surface area contributed by atoms with Crippen LogP contribution in [0.15, 0.2) is 61.2 Å². The van der Waals surface area contributed by atoms with Gasteiger partial charge in [-0.3, -0.25) is 0 Å². The number of nitrogens with zero attached hydrogens (tertiary/aromatic N) is 2. The molecule has 1 aliphatic rings. The lowest BCUT2D eigenvalue weighted by Crippen LogP contribution is -2.22. The van der Waals surface area contributed by atoms with Crippen LogP contribution in [0.3, 0.4) is 0 Å². The van der Waals surface area contributed by atoms with E-state index >= 15 is 0 Å². The van der Waals surface area contributed by atoms with Crippen LogP contribution < -0.4 is 0 Å². The highest BCUT2D eigenvalue weighted by atomic mass is 31.2. The van der Waals surface area contributed by atoms with Crippen molar-refractivity contribution in [1.29, 1.82) is 0 Å². The van der Waals surface area contributed by atoms with E-state index in [1.165, 1.54) is 12.1 Å². The molecule has 0 aromatic heterocycles. The normalized spacial score (nSPS) is 22.3. The summed E-state index contributed by atoms with van der Waals surface area (Å²) in [5.41, 5.74) is -0.941. The molecular formula is C22H23F6N2OP. The fourth-order valence-corrected chi connectivity index (χ4v) is 5.85. The highest BCUT2D eigenvalue weighted by molar-refractivity contribution is 7.47. The lowest BCUT2D eigenvalue weighted by molar-refractivity contribution is -0.138. The fraction of sp³-hybridized carbons (Fsp3) is 0.364. The molecule has 0 aliphatic carbocycles. The molecule has 2 aromatic carbocycles. The molecule has 32 heavy (non-hydrogen) atoms. The van der Waals surface area contributed by atoms with Crippen molar-refractivity contribution in [3.05, 3.63) is 83.4 Å². The lowest BCUT2D eigenvalue weighted by atomic mass is 9.91. The maximum Gasteiger partial charge on any atom is 0.416 e. The predicted molar refractivity (Wildman–Crippen MR) is 112 cm³/mol. The van der Waals surface area contributed by atoms with E-state index in [0.29, 0.717) is 11.1 Å². The van der Waals surface area contributed by atoms with Crippen molar-refractivity contribution in [1.82, 2.24) is 9.34 Å². The average molecular weight is 476 g/mol. The Labute approximate surface area is 184 Å². The molecule has 3 nitrogen and oxygen atoms in total. The summed E-state index contributed by atoms with van der Waals surface area (Å²) in [6.07, 6.45) is -7.85. The first kappa shape index (κ1) is 24.7. The summed E-state index contributed by atoms with van der Waals surface area (Å²) in [6.45, 7) is 5.45. The Hall–Kier alpha value is -1.93. The number of hydrogen-bond donors (Lipinski definition) is 0. The van der Waals surface area contributed by atoms with Gasteiger partial charge in [-0.1, -0.05) is 30.3 Å². The molecule has 0 spiro atoms. The Kier molecular flexibility index (Phi) is 7.05. The molecular weight excluding hydrogens is 453 g/mol. The Morgan fingerprint density at radius 2 is 1.28 bits per heavy atom. The standard InChI is InChI=1S/C22H23F6N2OP/c1-5-14(2)31-32-29(3)19(15-8-6-10-17(12-15)21(23,24)25)20(30(32)4)16-9-7-11-18(13-16)22(26,27)28/h5-14,19-20H,1H2,2-4H3/t14?,19-,20-/m0/s1. The van der Waals surface area contributed by atoms with Gasteiger partial charge in [-0.25, -0.2) is 9.34 Å². The first-order chi connectivity index (χ1) is 14.8. The van der Waals surface area contributed by atoms with Crippen LogP contribution in [0.25, 0.3) is 0 Å². The van der Waals surface area contributed by atoms with Crippen LogP contribution in [-0.2, 0) is 16.9 Å². The van der Waals surface area contributed by atoms with E-state index in [4.69, 9.17) is 4.52 Å². The van der Waals surface area contributed by atoms with Crippen LogP contribution in [0, 0.1) is 0 Å². The topological polar surface area (TPSA) is 15.7 Å². The molecule has 2 aromatic rings. The average Bonchev–Trinajstić information content (AvgIpc) is 2.97. The van der Waals surface area contributed by atoms with Gasteiger partial charge in [0.05, 0.1) is 29.3 Å². The van der Waals surface area contributed by atoms with Crippen molar-refractivity contribution in [2.75, 3.05) is 14.1 Å². The highest BCUT2D eigenvalue weighted by Crippen LogP contribution is 2.63. The van der Waals surface area contributed by atoms with E-state index in [1.54, 1.807) is 48.6 Å². The van der Waals surface area contributed by atoms with Crippen LogP contribution in [0.1, 0.15) is 41.3 Å². The van der Waals surface area contributed by atoms with Crippen LogP contribution in [0.2, 0.25) is 0 Å². The van der Waals surface area contributed by atoms with Gasteiger partial charge >= 0.3 is 12.4 Å². The molecule has 1 aliphatic heterocycles. The van der Waals surface area contributed by atoms with Crippen molar-refractivity contribution >= 4 is 8.45 Å². The first-order valence-corrected chi connectivity index (χ1v) is 10.9. The molecule has 1 unspecified atom stereocenters. The van der Waals surface area contributed by atoms with Gasteiger partial charge in [0.1, 0.15) is 0 Å². The summed E-state index contributed by atoms with van der Waals surface area (Å²) < 4.78 is 89.7. The first-order valence-electron chi connectivity index (χ1n) is 9.74. The molecule has 1 saturated heterocycles. The van der Waals surface area contributed by atoms with Crippen LogP contribution in [0.5, 0.6) is 0 Å². The summed E-state index contributed by atoms with van der Waals surface area (Å²) in [6, 6.07) is 8.45. The van der Waals surface area contributed by atoms with Crippen LogP contribution in [-0.4, -0.2) is 29.5 Å². The van der Waals surface area contributed by atoms with Crippen molar-refractivity contribution in [2.24, 2.45) is 0 Å². The number of benzene rings is 2. The number of halogens is 6. The van der Waals surface area contributed by atoms with Gasteiger partial charge in [-0.2, -0.15) is 26.3 Å². The minimum absolute atomic E-state index is 0.344. The van der Waals surface area contributed by atoms with Crippen molar-refractivity contribution < 1.29 is 30.9 Å². The zero-order valence-corrected chi connectivity index (χ0v) is 18.5. The molecule has 10 heteroatoms. The summed E-state index contributed by atoms with van der Waals surface area (Å²) >= 11 is 0. The molecule has 1 fully saturated rings. The second kappa shape index (κ2) is 9.14. The minimum atomic E-state index is -4.54. The van der Waals surface area contributed by atoms with Gasteiger partial charge in [-0.15, -0.1) is 6.58 Å². The quantitative estimate of drug-likeness (QED) is 0.258. The van der Waals surface area contributed by atoms with Gasteiger partial charge in [0, 0.05) is 0 Å². The summed E-state index contributed by atoms with van der Waals surface area (Å²) in [5, 5.41) is 0. The molecule has 3 rings (SSSR count). The minimum Gasteiger partial charge on any atom is -0.324 e. The van der Waals surface area contributed by atoms with E-state index in [9.17, 15) is 26.3 Å². The Balaban J connectivity index is 2.12. The highest BCUT2D eigenvalue weighted by Gasteiger charge is 2.48. The summed E-state index contributed by atoms with van der Waals surface area (Å²) in [7, 11) is 1.93. The van der Waals surface area contributed by atoms with E-state index in [0.717, 1.165) is 24.3 Å². The monoisotopic (exact) mass is 476 g/mol. The molecule has 0 amide bonds. The lowest BCUT2D eigenvalue weighted by Gasteiger charge is -2.27. The number of rotatable bonds is 5. The molecule has 0 N–H and O–H groups in total. The molecule has 1 heterocycles. The van der Waals surface area contributed by atoms with Crippen LogP contribution in [0.4, 0.5) is 26.3 Å². The predicted octanol–water partition coefficient (Wildman–Crippen LogP) is 7.20.